The van der Waals surface area contributed by atoms with Crippen molar-refractivity contribution in [2.45, 2.75) is 13.8 Å². The Morgan fingerprint density at radius 1 is 1.11 bits per heavy atom. The van der Waals surface area contributed by atoms with Crippen LogP contribution >= 0.6 is 28.1 Å². The monoisotopic (exact) mass is 442 g/mol. The van der Waals surface area contributed by atoms with Gasteiger partial charge >= 0.3 is 0 Å². The van der Waals surface area contributed by atoms with E-state index in [1.807, 2.05) is 56.3 Å². The van der Waals surface area contributed by atoms with Gasteiger partial charge < -0.3 is 10.1 Å². The maximum atomic E-state index is 12.8. The highest BCUT2D eigenvalue weighted by Gasteiger charge is 2.19. The Morgan fingerprint density at radius 3 is 2.59 bits per heavy atom. The molecule has 0 aliphatic carbocycles. The zero-order valence-corrected chi connectivity index (χ0v) is 17.6. The molecule has 1 amide bonds. The van der Waals surface area contributed by atoms with Gasteiger partial charge in [-0.3, -0.25) is 10.1 Å². The highest BCUT2D eigenvalue weighted by atomic mass is 79.9. The SMILES string of the molecule is COc1c(C(=O)NC(=S)Nc2cc(C)ccc2C)cc2ccccc2c1Br. The van der Waals surface area contributed by atoms with Crippen LogP contribution in [0.5, 0.6) is 5.75 Å². The average Bonchev–Trinajstić information content (AvgIpc) is 2.64. The molecular weight excluding hydrogens is 424 g/mol. The number of aryl methyl sites for hydroxylation is 2. The third kappa shape index (κ3) is 4.12. The van der Waals surface area contributed by atoms with Crippen LogP contribution in [0.25, 0.3) is 10.8 Å². The summed E-state index contributed by atoms with van der Waals surface area (Å²) in [5.41, 5.74) is 3.43. The van der Waals surface area contributed by atoms with Crippen molar-refractivity contribution < 1.29 is 9.53 Å². The molecule has 0 saturated carbocycles. The lowest BCUT2D eigenvalue weighted by atomic mass is 10.1. The van der Waals surface area contributed by atoms with Gasteiger partial charge in [0, 0.05) is 5.69 Å². The summed E-state index contributed by atoms with van der Waals surface area (Å²) in [5.74, 6) is 0.141. The fourth-order valence-corrected chi connectivity index (χ4v) is 3.79. The Balaban J connectivity index is 1.87. The minimum absolute atomic E-state index is 0.236. The molecule has 3 aromatic rings. The second-order valence-electron chi connectivity index (χ2n) is 6.22. The van der Waals surface area contributed by atoms with Crippen LogP contribution in [0.3, 0.4) is 0 Å². The molecule has 0 saturated heterocycles. The molecule has 3 aromatic carbocycles. The van der Waals surface area contributed by atoms with Gasteiger partial charge in [0.05, 0.1) is 17.1 Å². The molecule has 0 aliphatic heterocycles. The summed E-state index contributed by atoms with van der Waals surface area (Å²) in [6.07, 6.45) is 0. The molecule has 0 atom stereocenters. The van der Waals surface area contributed by atoms with E-state index < -0.39 is 0 Å². The molecule has 27 heavy (non-hydrogen) atoms. The van der Waals surface area contributed by atoms with E-state index >= 15 is 0 Å². The predicted molar refractivity (Wildman–Crippen MR) is 118 cm³/mol. The van der Waals surface area contributed by atoms with Gasteiger partial charge in [-0.25, -0.2) is 0 Å². The number of nitrogens with one attached hydrogen (secondary N) is 2. The van der Waals surface area contributed by atoms with E-state index in [-0.39, 0.29) is 11.0 Å². The van der Waals surface area contributed by atoms with Gasteiger partial charge in [-0.15, -0.1) is 0 Å². The van der Waals surface area contributed by atoms with E-state index in [1.165, 1.54) is 0 Å². The lowest BCUT2D eigenvalue weighted by Crippen LogP contribution is -2.34. The van der Waals surface area contributed by atoms with Gasteiger partial charge in [0.2, 0.25) is 0 Å². The number of carbonyl (C=O) groups excluding carboxylic acids is 1. The van der Waals surface area contributed by atoms with E-state index in [0.717, 1.165) is 32.1 Å². The predicted octanol–water partition coefficient (Wildman–Crippen LogP) is 5.35. The number of methoxy groups -OCH3 is 1. The molecule has 4 nitrogen and oxygen atoms in total. The summed E-state index contributed by atoms with van der Waals surface area (Å²) < 4.78 is 6.21. The first kappa shape index (κ1) is 19.3. The van der Waals surface area contributed by atoms with Crippen molar-refractivity contribution in [3.63, 3.8) is 0 Å². The Bertz CT molecular complexity index is 1050. The van der Waals surface area contributed by atoms with E-state index in [9.17, 15) is 4.79 Å². The number of hydrogen-bond acceptors (Lipinski definition) is 3. The zero-order valence-electron chi connectivity index (χ0n) is 15.2. The van der Waals surface area contributed by atoms with Crippen LogP contribution in [0.15, 0.2) is 53.0 Å². The van der Waals surface area contributed by atoms with Crippen molar-refractivity contribution in [2.75, 3.05) is 12.4 Å². The number of hydrogen-bond donors (Lipinski definition) is 2. The summed E-state index contributed by atoms with van der Waals surface area (Å²) in [5, 5.41) is 7.97. The summed E-state index contributed by atoms with van der Waals surface area (Å²) in [6, 6.07) is 15.6. The third-order valence-corrected chi connectivity index (χ3v) is 5.25. The average molecular weight is 443 g/mol. The number of halogens is 1. The molecular formula is C21H19BrN2O2S. The van der Waals surface area contributed by atoms with Crippen LogP contribution in [-0.4, -0.2) is 18.1 Å². The molecule has 0 heterocycles. The molecule has 0 radical (unpaired) electrons. The Kier molecular flexibility index (Phi) is 5.77. The summed E-state index contributed by atoms with van der Waals surface area (Å²) in [4.78, 5) is 12.8. The first-order chi connectivity index (χ1) is 12.9. The van der Waals surface area contributed by atoms with Crippen LogP contribution in [0.4, 0.5) is 5.69 Å². The number of anilines is 1. The van der Waals surface area contributed by atoms with E-state index in [0.29, 0.717) is 11.3 Å². The Hall–Kier alpha value is -2.44. The number of thiocarbonyl (C=S) groups is 1. The second-order valence-corrected chi connectivity index (χ2v) is 7.42. The van der Waals surface area contributed by atoms with E-state index in [4.69, 9.17) is 17.0 Å². The molecule has 0 spiro atoms. The molecule has 2 N–H and O–H groups in total. The number of fused-ring (bicyclic) bond motifs is 1. The first-order valence-electron chi connectivity index (χ1n) is 8.35. The van der Waals surface area contributed by atoms with Crippen molar-refractivity contribution in [3.8, 4) is 5.75 Å². The van der Waals surface area contributed by atoms with Crippen LogP contribution in [0.2, 0.25) is 0 Å². The summed E-state index contributed by atoms with van der Waals surface area (Å²) >= 11 is 8.87. The topological polar surface area (TPSA) is 50.4 Å². The smallest absolute Gasteiger partial charge is 0.261 e. The largest absolute Gasteiger partial charge is 0.495 e. The van der Waals surface area contributed by atoms with E-state index in [2.05, 4.69) is 26.6 Å². The maximum absolute atomic E-state index is 12.8. The van der Waals surface area contributed by atoms with Crippen molar-refractivity contribution in [1.29, 1.82) is 0 Å². The fourth-order valence-electron chi connectivity index (χ4n) is 2.85. The molecule has 0 unspecified atom stereocenters. The Morgan fingerprint density at radius 2 is 1.85 bits per heavy atom. The highest BCUT2D eigenvalue weighted by Crippen LogP contribution is 2.36. The van der Waals surface area contributed by atoms with Crippen molar-refractivity contribution in [1.82, 2.24) is 5.32 Å². The van der Waals surface area contributed by atoms with Crippen molar-refractivity contribution in [2.24, 2.45) is 0 Å². The minimum atomic E-state index is -0.332. The molecule has 0 aromatic heterocycles. The number of ether oxygens (including phenoxy) is 1. The standard InChI is InChI=1S/C21H19BrN2O2S/c1-12-8-9-13(2)17(10-12)23-21(27)24-20(25)16-11-14-6-4-5-7-15(14)18(22)19(16)26-3/h4-11H,1-3H3,(H2,23,24,25,27). The zero-order chi connectivity index (χ0) is 19.6. The van der Waals surface area contributed by atoms with Crippen molar-refractivity contribution >= 4 is 55.6 Å². The number of carbonyl (C=O) groups is 1. The van der Waals surface area contributed by atoms with Gasteiger partial charge in [-0.05, 0) is 76.0 Å². The van der Waals surface area contributed by atoms with E-state index in [1.54, 1.807) is 13.2 Å². The third-order valence-electron chi connectivity index (χ3n) is 4.26. The second kappa shape index (κ2) is 8.06. The molecule has 0 fully saturated rings. The van der Waals surface area contributed by atoms with Gasteiger partial charge in [0.25, 0.3) is 5.91 Å². The number of amides is 1. The maximum Gasteiger partial charge on any atom is 0.261 e. The van der Waals surface area contributed by atoms with Gasteiger partial charge in [0.15, 0.2) is 5.11 Å². The fraction of sp³-hybridized carbons (Fsp3) is 0.143. The van der Waals surface area contributed by atoms with Gasteiger partial charge in [-0.2, -0.15) is 0 Å². The number of rotatable bonds is 3. The normalized spacial score (nSPS) is 10.5. The van der Waals surface area contributed by atoms with Crippen LogP contribution in [0, 0.1) is 13.8 Å². The lowest BCUT2D eigenvalue weighted by molar-refractivity contribution is 0.0975. The molecule has 0 aliphatic rings. The molecule has 6 heteroatoms. The molecule has 138 valence electrons. The highest BCUT2D eigenvalue weighted by molar-refractivity contribution is 9.10. The lowest BCUT2D eigenvalue weighted by Gasteiger charge is -2.15. The van der Waals surface area contributed by atoms with Gasteiger partial charge in [0.1, 0.15) is 5.75 Å². The minimum Gasteiger partial charge on any atom is -0.495 e. The van der Waals surface area contributed by atoms with Crippen molar-refractivity contribution in [3.05, 3.63) is 69.7 Å². The molecule has 3 rings (SSSR count). The quantitative estimate of drug-likeness (QED) is 0.536. The summed E-state index contributed by atoms with van der Waals surface area (Å²) in [6.45, 7) is 3.99. The van der Waals surface area contributed by atoms with Crippen LogP contribution < -0.4 is 15.4 Å². The van der Waals surface area contributed by atoms with Crippen LogP contribution in [-0.2, 0) is 0 Å². The van der Waals surface area contributed by atoms with Crippen LogP contribution in [0.1, 0.15) is 21.5 Å². The molecule has 0 bridgehead atoms. The Labute approximate surface area is 172 Å². The summed E-state index contributed by atoms with van der Waals surface area (Å²) in [7, 11) is 1.54. The van der Waals surface area contributed by atoms with Gasteiger partial charge in [-0.1, -0.05) is 36.4 Å². The first-order valence-corrected chi connectivity index (χ1v) is 9.55. The number of benzene rings is 3.